The number of aryl methyl sites for hydroxylation is 2. The zero-order chi connectivity index (χ0) is 10.1. The van der Waals surface area contributed by atoms with Gasteiger partial charge in [-0.15, -0.1) is 11.3 Å². The van der Waals surface area contributed by atoms with Crippen LogP contribution in [0.4, 0.5) is 0 Å². The fourth-order valence-corrected chi connectivity index (χ4v) is 2.98. The van der Waals surface area contributed by atoms with Gasteiger partial charge in [-0.1, -0.05) is 4.40 Å². The molecule has 0 amide bonds. The molecule has 1 aromatic rings. The first-order valence-electron chi connectivity index (χ1n) is 3.25. The van der Waals surface area contributed by atoms with Crippen LogP contribution in [0.15, 0.2) is 8.61 Å². The molecule has 1 aromatic heterocycles. The van der Waals surface area contributed by atoms with Crippen LogP contribution in [0, 0.1) is 13.8 Å². The third-order valence-electron chi connectivity index (χ3n) is 1.25. The van der Waals surface area contributed by atoms with Gasteiger partial charge in [0.1, 0.15) is 0 Å². The molecule has 0 fully saturated rings. The molecule has 0 spiro atoms. The Hall–Kier alpha value is -0.0400. The number of nitrogens with zero attached hydrogens (tertiary/aromatic N) is 2. The molecule has 0 unspecified atom stereocenters. The summed E-state index contributed by atoms with van der Waals surface area (Å²) >= 11 is 0.990. The molecule has 0 atom stereocenters. The van der Waals surface area contributed by atoms with Crippen LogP contribution in [0.5, 0.6) is 0 Å². The second-order valence-corrected chi connectivity index (χ2v) is 5.27. The van der Waals surface area contributed by atoms with Gasteiger partial charge in [-0.3, -0.25) is 0 Å². The Balaban J connectivity index is 0.00000169. The second-order valence-electron chi connectivity index (χ2n) is 2.26. The van der Waals surface area contributed by atoms with E-state index in [-0.39, 0.29) is 33.8 Å². The van der Waals surface area contributed by atoms with Gasteiger partial charge in [0, 0.05) is 29.6 Å². The molecular formula is C6H6N2NaO3S2. The van der Waals surface area contributed by atoms with Crippen LogP contribution in [-0.2, 0) is 14.8 Å². The number of hydrogen-bond donors (Lipinski definition) is 0. The van der Waals surface area contributed by atoms with E-state index in [1.54, 1.807) is 13.8 Å². The molecule has 0 aliphatic heterocycles. The van der Waals surface area contributed by atoms with Crippen molar-refractivity contribution >= 4 is 57.0 Å². The van der Waals surface area contributed by atoms with Crippen LogP contribution >= 0.6 is 11.3 Å². The summed E-state index contributed by atoms with van der Waals surface area (Å²) in [6.45, 7) is 3.23. The maximum absolute atomic E-state index is 11.2. The molecule has 0 aliphatic carbocycles. The fourth-order valence-electron chi connectivity index (χ4n) is 0.842. The van der Waals surface area contributed by atoms with Crippen molar-refractivity contribution in [3.63, 3.8) is 0 Å². The summed E-state index contributed by atoms with van der Waals surface area (Å²) in [4.78, 5) is 13.7. The first kappa shape index (κ1) is 14.0. The van der Waals surface area contributed by atoms with E-state index in [2.05, 4.69) is 9.38 Å². The summed E-state index contributed by atoms with van der Waals surface area (Å²) in [7, 11) is -3.86. The van der Waals surface area contributed by atoms with E-state index in [1.807, 2.05) is 0 Å². The molecule has 0 N–H and O–H groups in total. The Morgan fingerprint density at radius 1 is 1.43 bits per heavy atom. The van der Waals surface area contributed by atoms with E-state index in [1.165, 1.54) is 0 Å². The molecule has 5 nitrogen and oxygen atoms in total. The van der Waals surface area contributed by atoms with Gasteiger partial charge in [-0.05, 0) is 13.8 Å². The average molecular weight is 241 g/mol. The van der Waals surface area contributed by atoms with E-state index in [0.717, 1.165) is 17.4 Å². The summed E-state index contributed by atoms with van der Waals surface area (Å²) < 4.78 is 25.2. The largest absolute Gasteiger partial charge is 0.304 e. The maximum atomic E-state index is 11.2. The van der Waals surface area contributed by atoms with E-state index >= 15 is 0 Å². The number of rotatable bonds is 2. The molecule has 0 aliphatic rings. The number of sulfonamides is 1. The predicted molar refractivity (Wildman–Crippen MR) is 52.6 cm³/mol. The quantitative estimate of drug-likeness (QED) is 0.426. The van der Waals surface area contributed by atoms with Gasteiger partial charge in [-0.25, -0.2) is 9.78 Å². The van der Waals surface area contributed by atoms with Crippen molar-refractivity contribution in [2.24, 2.45) is 4.40 Å². The van der Waals surface area contributed by atoms with E-state index in [9.17, 15) is 13.2 Å². The number of isocyanates is 1. The van der Waals surface area contributed by atoms with Crippen molar-refractivity contribution in [2.75, 3.05) is 0 Å². The molecule has 1 radical (unpaired) electrons. The standard InChI is InChI=1S/C6H6N2O3S2.Na/c1-4-6(12-5(2)8-4)13(10,11)7-3-9;/h1-2H3;. The van der Waals surface area contributed by atoms with Crippen molar-refractivity contribution in [1.29, 1.82) is 0 Å². The molecular weight excluding hydrogens is 235 g/mol. The molecule has 1 heterocycles. The summed E-state index contributed by atoms with van der Waals surface area (Å²) in [5.41, 5.74) is 0.363. The van der Waals surface area contributed by atoms with Crippen molar-refractivity contribution in [3.05, 3.63) is 10.7 Å². The van der Waals surface area contributed by atoms with Gasteiger partial charge in [-0.2, -0.15) is 8.42 Å². The van der Waals surface area contributed by atoms with Crippen LogP contribution in [0.25, 0.3) is 0 Å². The Bertz CT molecular complexity index is 473. The molecule has 0 saturated carbocycles. The third kappa shape index (κ3) is 2.98. The molecule has 14 heavy (non-hydrogen) atoms. The third-order valence-corrected chi connectivity index (χ3v) is 4.08. The predicted octanol–water partition coefficient (Wildman–Crippen LogP) is 0.404. The topological polar surface area (TPSA) is 76.5 Å². The van der Waals surface area contributed by atoms with E-state index < -0.39 is 10.0 Å². The molecule has 8 heteroatoms. The smallest absolute Gasteiger partial charge is 0.245 e. The number of hydrogen-bond acceptors (Lipinski definition) is 5. The van der Waals surface area contributed by atoms with Gasteiger partial charge in [0.15, 0.2) is 4.21 Å². The fraction of sp³-hybridized carbons (Fsp3) is 0.333. The zero-order valence-electron chi connectivity index (χ0n) is 7.94. The first-order chi connectivity index (χ1) is 5.97. The number of thiazole rings is 1. The van der Waals surface area contributed by atoms with Crippen molar-refractivity contribution < 1.29 is 13.2 Å². The van der Waals surface area contributed by atoms with Crippen molar-refractivity contribution in [3.8, 4) is 0 Å². The molecule has 0 aromatic carbocycles. The molecule has 0 bridgehead atoms. The van der Waals surface area contributed by atoms with Crippen LogP contribution < -0.4 is 0 Å². The Labute approximate surface area is 108 Å². The summed E-state index contributed by atoms with van der Waals surface area (Å²) in [5, 5.41) is 0.622. The van der Waals surface area contributed by atoms with Crippen molar-refractivity contribution in [1.82, 2.24) is 4.98 Å². The minimum absolute atomic E-state index is 0. The second kappa shape index (κ2) is 5.16. The van der Waals surface area contributed by atoms with E-state index in [0.29, 0.717) is 10.7 Å². The zero-order valence-corrected chi connectivity index (χ0v) is 11.6. The van der Waals surface area contributed by atoms with E-state index in [4.69, 9.17) is 0 Å². The molecule has 71 valence electrons. The van der Waals surface area contributed by atoms with Crippen LogP contribution in [-0.4, -0.2) is 49.0 Å². The van der Waals surface area contributed by atoms with Crippen LogP contribution in [0.2, 0.25) is 0 Å². The van der Waals surface area contributed by atoms with Crippen LogP contribution in [0.3, 0.4) is 0 Å². The molecule has 0 saturated heterocycles. The average Bonchev–Trinajstić information content (AvgIpc) is 2.30. The Morgan fingerprint density at radius 3 is 2.36 bits per heavy atom. The normalized spacial score (nSPS) is 10.1. The monoisotopic (exact) mass is 241 g/mol. The number of carbonyl (C=O) groups excluding carboxylic acids is 1. The van der Waals surface area contributed by atoms with Gasteiger partial charge in [0.25, 0.3) is 6.08 Å². The minimum atomic E-state index is -3.86. The minimum Gasteiger partial charge on any atom is -0.245 e. The van der Waals surface area contributed by atoms with Gasteiger partial charge < -0.3 is 0 Å². The van der Waals surface area contributed by atoms with Crippen LogP contribution in [0.1, 0.15) is 10.7 Å². The maximum Gasteiger partial charge on any atom is 0.304 e. The van der Waals surface area contributed by atoms with Gasteiger partial charge >= 0.3 is 10.0 Å². The van der Waals surface area contributed by atoms with Crippen molar-refractivity contribution in [2.45, 2.75) is 18.1 Å². The Morgan fingerprint density at radius 2 is 2.00 bits per heavy atom. The summed E-state index contributed by atoms with van der Waals surface area (Å²) in [5.74, 6) is 0. The van der Waals surface area contributed by atoms with Gasteiger partial charge in [0.05, 0.1) is 10.7 Å². The SMILES string of the molecule is Cc1nc(C)c(S(=O)(=O)N=C=O)s1.[Na]. The first-order valence-corrected chi connectivity index (χ1v) is 5.51. The number of aromatic nitrogens is 1. The van der Waals surface area contributed by atoms with Gasteiger partial charge in [0.2, 0.25) is 0 Å². The Kier molecular flexibility index (Phi) is 5.14. The summed E-state index contributed by atoms with van der Waals surface area (Å²) in [6.07, 6.45) is 1.01. The molecule has 1 rings (SSSR count). The summed E-state index contributed by atoms with van der Waals surface area (Å²) in [6, 6.07) is 0.